The number of carbonyl (C=O) groups excluding carboxylic acids is 1. The molecule has 5 nitrogen and oxygen atoms in total. The summed E-state index contributed by atoms with van der Waals surface area (Å²) in [6.07, 6.45) is 4.80. The predicted octanol–water partition coefficient (Wildman–Crippen LogP) is 3.29. The maximum absolute atomic E-state index is 12.7. The van der Waals surface area contributed by atoms with Gasteiger partial charge in [-0.2, -0.15) is 0 Å². The molecule has 6 heteroatoms. The molecule has 1 aromatic heterocycles. The summed E-state index contributed by atoms with van der Waals surface area (Å²) < 4.78 is 5.45. The first-order valence-electron chi connectivity index (χ1n) is 8.26. The Bertz CT molecular complexity index is 701. The van der Waals surface area contributed by atoms with Crippen LogP contribution in [-0.2, 0) is 6.42 Å². The van der Waals surface area contributed by atoms with Crippen molar-refractivity contribution in [2.24, 2.45) is 5.92 Å². The Hall–Kier alpha value is -2.08. The third-order valence-corrected chi connectivity index (χ3v) is 5.44. The number of nitrogens with zero attached hydrogens (tertiary/aromatic N) is 2. The number of nitrogens with one attached hydrogen (secondary N) is 1. The molecule has 1 aromatic carbocycles. The molecule has 1 atom stereocenters. The Morgan fingerprint density at radius 1 is 1.46 bits per heavy atom. The first kappa shape index (κ1) is 16.8. The van der Waals surface area contributed by atoms with Crippen LogP contribution in [-0.4, -0.2) is 43.0 Å². The maximum Gasteiger partial charge on any atom is 0.265 e. The van der Waals surface area contributed by atoms with Gasteiger partial charge in [0, 0.05) is 20.1 Å². The Labute approximate surface area is 146 Å². The minimum absolute atomic E-state index is 0.0960. The lowest BCUT2D eigenvalue weighted by molar-refractivity contribution is 0.0678. The Balaban J connectivity index is 1.66. The molecule has 0 unspecified atom stereocenters. The van der Waals surface area contributed by atoms with E-state index in [2.05, 4.69) is 16.4 Å². The number of hydrogen-bond donors (Lipinski definition) is 1. The third kappa shape index (κ3) is 3.70. The lowest BCUT2D eigenvalue weighted by Crippen LogP contribution is -2.40. The van der Waals surface area contributed by atoms with E-state index in [1.807, 2.05) is 30.1 Å². The number of thiazole rings is 1. The molecule has 1 aliphatic heterocycles. The van der Waals surface area contributed by atoms with E-state index >= 15 is 0 Å². The fourth-order valence-corrected chi connectivity index (χ4v) is 3.98. The van der Waals surface area contributed by atoms with Gasteiger partial charge in [0.2, 0.25) is 0 Å². The number of rotatable bonds is 5. The number of carbonyl (C=O) groups is 1. The number of ether oxygens (including phenoxy) is 1. The molecule has 24 heavy (non-hydrogen) atoms. The second kappa shape index (κ2) is 7.66. The molecule has 0 aliphatic carbocycles. The van der Waals surface area contributed by atoms with Gasteiger partial charge in [0.25, 0.3) is 5.91 Å². The van der Waals surface area contributed by atoms with Gasteiger partial charge in [-0.3, -0.25) is 4.79 Å². The molecule has 0 saturated carbocycles. The third-order valence-electron chi connectivity index (χ3n) is 4.44. The molecule has 1 N–H and O–H groups in total. The van der Waals surface area contributed by atoms with Crippen molar-refractivity contribution in [2.75, 3.05) is 32.6 Å². The van der Waals surface area contributed by atoms with Crippen LogP contribution in [0.5, 0.6) is 5.75 Å². The van der Waals surface area contributed by atoms with Crippen LogP contribution in [0.2, 0.25) is 0 Å². The van der Waals surface area contributed by atoms with Crippen molar-refractivity contribution in [1.82, 2.24) is 9.88 Å². The summed E-state index contributed by atoms with van der Waals surface area (Å²) in [5, 5.41) is 3.76. The van der Waals surface area contributed by atoms with Crippen LogP contribution in [0.1, 0.15) is 28.1 Å². The summed E-state index contributed by atoms with van der Waals surface area (Å²) in [5.41, 5.74) is 1.22. The summed E-state index contributed by atoms with van der Waals surface area (Å²) in [5.74, 6) is 1.50. The van der Waals surface area contributed by atoms with Crippen LogP contribution in [0.15, 0.2) is 30.5 Å². The highest BCUT2D eigenvalue weighted by molar-refractivity contribution is 7.17. The number of aromatic nitrogens is 1. The lowest BCUT2D eigenvalue weighted by Gasteiger charge is -2.32. The van der Waals surface area contributed by atoms with E-state index < -0.39 is 0 Å². The monoisotopic (exact) mass is 345 g/mol. The largest absolute Gasteiger partial charge is 0.496 e. The number of hydrogen-bond acceptors (Lipinski definition) is 5. The molecule has 1 amide bonds. The average Bonchev–Trinajstić information content (AvgIpc) is 3.11. The molecular weight excluding hydrogens is 322 g/mol. The van der Waals surface area contributed by atoms with E-state index in [0.717, 1.165) is 43.2 Å². The van der Waals surface area contributed by atoms with E-state index in [0.29, 0.717) is 10.8 Å². The maximum atomic E-state index is 12.7. The smallest absolute Gasteiger partial charge is 0.265 e. The minimum atomic E-state index is 0.0960. The minimum Gasteiger partial charge on any atom is -0.496 e. The molecule has 0 spiro atoms. The number of piperidine rings is 1. The van der Waals surface area contributed by atoms with Crippen molar-refractivity contribution in [3.63, 3.8) is 0 Å². The zero-order valence-electron chi connectivity index (χ0n) is 14.1. The van der Waals surface area contributed by atoms with Crippen LogP contribution in [0.25, 0.3) is 0 Å². The molecule has 1 saturated heterocycles. The van der Waals surface area contributed by atoms with Crippen molar-refractivity contribution in [3.05, 3.63) is 40.9 Å². The molecular formula is C18H23N3O2S. The second-order valence-electron chi connectivity index (χ2n) is 6.06. The average molecular weight is 345 g/mol. The van der Waals surface area contributed by atoms with Gasteiger partial charge in [0.05, 0.1) is 13.3 Å². The second-order valence-corrected chi connectivity index (χ2v) is 7.09. The highest BCUT2D eigenvalue weighted by Crippen LogP contribution is 2.27. The van der Waals surface area contributed by atoms with Crippen molar-refractivity contribution in [2.45, 2.75) is 19.3 Å². The summed E-state index contributed by atoms with van der Waals surface area (Å²) >= 11 is 1.41. The highest BCUT2D eigenvalue weighted by Gasteiger charge is 2.26. The van der Waals surface area contributed by atoms with Crippen molar-refractivity contribution in [1.29, 1.82) is 0 Å². The highest BCUT2D eigenvalue weighted by atomic mass is 32.1. The fourth-order valence-electron chi connectivity index (χ4n) is 3.24. The van der Waals surface area contributed by atoms with Gasteiger partial charge in [-0.15, -0.1) is 0 Å². The van der Waals surface area contributed by atoms with E-state index in [1.54, 1.807) is 13.3 Å². The topological polar surface area (TPSA) is 54.5 Å². The number of methoxy groups -OCH3 is 1. The Kier molecular flexibility index (Phi) is 5.35. The van der Waals surface area contributed by atoms with Gasteiger partial charge in [-0.05, 0) is 36.8 Å². The zero-order chi connectivity index (χ0) is 16.9. The Morgan fingerprint density at radius 3 is 3.04 bits per heavy atom. The van der Waals surface area contributed by atoms with E-state index in [9.17, 15) is 4.79 Å². The number of para-hydroxylation sites is 1. The van der Waals surface area contributed by atoms with E-state index in [-0.39, 0.29) is 5.91 Å². The van der Waals surface area contributed by atoms with Crippen LogP contribution in [0.3, 0.4) is 0 Å². The van der Waals surface area contributed by atoms with Gasteiger partial charge in [0.15, 0.2) is 5.13 Å². The van der Waals surface area contributed by atoms with Gasteiger partial charge in [0.1, 0.15) is 10.6 Å². The zero-order valence-corrected chi connectivity index (χ0v) is 14.9. The molecule has 2 heterocycles. The fraction of sp³-hybridized carbons (Fsp3) is 0.444. The lowest BCUT2D eigenvalue weighted by atomic mass is 9.91. The molecule has 1 aliphatic rings. The van der Waals surface area contributed by atoms with Gasteiger partial charge >= 0.3 is 0 Å². The predicted molar refractivity (Wildman–Crippen MR) is 97.0 cm³/mol. The summed E-state index contributed by atoms with van der Waals surface area (Å²) in [4.78, 5) is 19.6. The molecule has 2 aromatic rings. The Morgan fingerprint density at radius 2 is 2.29 bits per heavy atom. The van der Waals surface area contributed by atoms with Gasteiger partial charge < -0.3 is 15.0 Å². The standard InChI is InChI=1S/C18H23N3O2S/c1-19-18-20-11-16(24-18)17(22)21-9-5-6-13(12-21)10-14-7-3-4-8-15(14)23-2/h3-4,7-8,11,13H,5-6,9-10,12H2,1-2H3,(H,19,20)/t13-/m1/s1. The van der Waals surface area contributed by atoms with Crippen molar-refractivity contribution in [3.8, 4) is 5.75 Å². The molecule has 128 valence electrons. The molecule has 3 rings (SSSR count). The quantitative estimate of drug-likeness (QED) is 0.903. The summed E-state index contributed by atoms with van der Waals surface area (Å²) in [6, 6.07) is 8.14. The molecule has 1 fully saturated rings. The first-order valence-corrected chi connectivity index (χ1v) is 9.07. The van der Waals surface area contributed by atoms with E-state index in [1.165, 1.54) is 16.9 Å². The molecule has 0 bridgehead atoms. The number of anilines is 1. The van der Waals surface area contributed by atoms with Crippen LogP contribution in [0, 0.1) is 5.92 Å². The van der Waals surface area contributed by atoms with Gasteiger partial charge in [-0.25, -0.2) is 4.98 Å². The van der Waals surface area contributed by atoms with Gasteiger partial charge in [-0.1, -0.05) is 29.5 Å². The van der Waals surface area contributed by atoms with Crippen molar-refractivity contribution >= 4 is 22.4 Å². The van der Waals surface area contributed by atoms with Crippen LogP contribution < -0.4 is 10.1 Å². The normalized spacial score (nSPS) is 17.6. The SMILES string of the molecule is CNc1ncc(C(=O)N2CCC[C@H](Cc3ccccc3OC)C2)s1. The van der Waals surface area contributed by atoms with Crippen LogP contribution >= 0.6 is 11.3 Å². The van der Waals surface area contributed by atoms with E-state index in [4.69, 9.17) is 4.74 Å². The number of amides is 1. The molecule has 0 radical (unpaired) electrons. The first-order chi connectivity index (χ1) is 11.7. The number of benzene rings is 1. The summed E-state index contributed by atoms with van der Waals surface area (Å²) in [7, 11) is 3.52. The van der Waals surface area contributed by atoms with Crippen LogP contribution in [0.4, 0.5) is 5.13 Å². The summed E-state index contributed by atoms with van der Waals surface area (Å²) in [6.45, 7) is 1.62. The number of likely N-dealkylation sites (tertiary alicyclic amines) is 1. The van der Waals surface area contributed by atoms with Crippen molar-refractivity contribution < 1.29 is 9.53 Å².